The zero-order chi connectivity index (χ0) is 13.9. The standard InChI is InChI=1S/C18H16ClN/c1-20-12-13-6-2-3-7-14(13)16-10-11-18(19)17-9-5-4-8-15(16)17/h2-11,20H,12H2,1H3. The van der Waals surface area contributed by atoms with E-state index in [4.69, 9.17) is 11.6 Å². The van der Waals surface area contributed by atoms with Crippen molar-refractivity contribution < 1.29 is 0 Å². The molecule has 0 bridgehead atoms. The second kappa shape index (κ2) is 5.66. The first-order valence-electron chi connectivity index (χ1n) is 6.71. The van der Waals surface area contributed by atoms with E-state index in [9.17, 15) is 0 Å². The van der Waals surface area contributed by atoms with E-state index in [1.165, 1.54) is 22.1 Å². The van der Waals surface area contributed by atoms with Crippen molar-refractivity contribution in [2.45, 2.75) is 6.54 Å². The summed E-state index contributed by atoms with van der Waals surface area (Å²) < 4.78 is 0. The molecule has 3 aromatic rings. The van der Waals surface area contributed by atoms with Crippen molar-refractivity contribution in [2.24, 2.45) is 0 Å². The van der Waals surface area contributed by atoms with Crippen molar-refractivity contribution in [2.75, 3.05) is 7.05 Å². The minimum absolute atomic E-state index is 0.801. The van der Waals surface area contributed by atoms with E-state index in [1.54, 1.807) is 0 Å². The first-order valence-corrected chi connectivity index (χ1v) is 7.09. The molecular weight excluding hydrogens is 266 g/mol. The molecular formula is C18H16ClN. The van der Waals surface area contributed by atoms with Crippen molar-refractivity contribution in [3.63, 3.8) is 0 Å². The fourth-order valence-corrected chi connectivity index (χ4v) is 2.85. The van der Waals surface area contributed by atoms with E-state index in [0.717, 1.165) is 17.0 Å². The van der Waals surface area contributed by atoms with Crippen LogP contribution in [0.1, 0.15) is 5.56 Å². The number of halogens is 1. The first-order chi connectivity index (χ1) is 9.81. The molecule has 100 valence electrons. The lowest BCUT2D eigenvalue weighted by molar-refractivity contribution is 0.819. The molecule has 0 unspecified atom stereocenters. The first kappa shape index (κ1) is 13.2. The minimum atomic E-state index is 0.801. The topological polar surface area (TPSA) is 12.0 Å². The number of rotatable bonds is 3. The molecule has 0 aromatic heterocycles. The molecule has 0 spiro atoms. The highest BCUT2D eigenvalue weighted by molar-refractivity contribution is 6.36. The van der Waals surface area contributed by atoms with Gasteiger partial charge in [-0.05, 0) is 35.2 Å². The summed E-state index contributed by atoms with van der Waals surface area (Å²) >= 11 is 6.31. The third-order valence-corrected chi connectivity index (χ3v) is 3.88. The van der Waals surface area contributed by atoms with Crippen LogP contribution in [0.4, 0.5) is 0 Å². The summed E-state index contributed by atoms with van der Waals surface area (Å²) in [6.07, 6.45) is 0. The number of nitrogens with one attached hydrogen (secondary N) is 1. The zero-order valence-electron chi connectivity index (χ0n) is 11.4. The maximum absolute atomic E-state index is 6.31. The average Bonchev–Trinajstić information content (AvgIpc) is 2.49. The van der Waals surface area contributed by atoms with Gasteiger partial charge in [-0.1, -0.05) is 66.2 Å². The Balaban J connectivity index is 2.28. The Hall–Kier alpha value is -1.83. The molecule has 1 N–H and O–H groups in total. The quantitative estimate of drug-likeness (QED) is 0.721. The van der Waals surface area contributed by atoms with Gasteiger partial charge in [0.2, 0.25) is 0 Å². The summed E-state index contributed by atoms with van der Waals surface area (Å²) in [5.41, 5.74) is 3.79. The molecule has 0 fully saturated rings. The lowest BCUT2D eigenvalue weighted by atomic mass is 9.94. The van der Waals surface area contributed by atoms with Gasteiger partial charge in [-0.25, -0.2) is 0 Å². The summed E-state index contributed by atoms with van der Waals surface area (Å²) in [7, 11) is 1.97. The minimum Gasteiger partial charge on any atom is -0.316 e. The molecule has 0 saturated carbocycles. The molecule has 1 nitrogen and oxygen atoms in total. The molecule has 0 aliphatic heterocycles. The number of hydrogen-bond acceptors (Lipinski definition) is 1. The molecule has 0 heterocycles. The van der Waals surface area contributed by atoms with Crippen molar-refractivity contribution in [3.05, 3.63) is 71.2 Å². The lowest BCUT2D eigenvalue weighted by Crippen LogP contribution is -2.06. The Morgan fingerprint density at radius 1 is 0.800 bits per heavy atom. The van der Waals surface area contributed by atoms with Gasteiger partial charge in [0.25, 0.3) is 0 Å². The van der Waals surface area contributed by atoms with Gasteiger partial charge in [-0.15, -0.1) is 0 Å². The molecule has 0 radical (unpaired) electrons. The maximum atomic E-state index is 6.31. The Morgan fingerprint density at radius 3 is 2.30 bits per heavy atom. The van der Waals surface area contributed by atoms with Crippen molar-refractivity contribution in [1.29, 1.82) is 0 Å². The highest BCUT2D eigenvalue weighted by atomic mass is 35.5. The van der Waals surface area contributed by atoms with Gasteiger partial charge >= 0.3 is 0 Å². The van der Waals surface area contributed by atoms with E-state index in [-0.39, 0.29) is 0 Å². The van der Waals surface area contributed by atoms with E-state index in [2.05, 4.69) is 53.8 Å². The van der Waals surface area contributed by atoms with Crippen LogP contribution in [0.25, 0.3) is 21.9 Å². The molecule has 0 saturated heterocycles. The summed E-state index contributed by atoms with van der Waals surface area (Å²) in [5, 5.41) is 6.33. The van der Waals surface area contributed by atoms with Crippen molar-refractivity contribution >= 4 is 22.4 Å². The molecule has 0 aliphatic carbocycles. The average molecular weight is 282 g/mol. The van der Waals surface area contributed by atoms with E-state index >= 15 is 0 Å². The fourth-order valence-electron chi connectivity index (χ4n) is 2.62. The van der Waals surface area contributed by atoms with Gasteiger partial charge in [-0.2, -0.15) is 0 Å². The molecule has 3 aromatic carbocycles. The number of hydrogen-bond donors (Lipinski definition) is 1. The summed E-state index contributed by atoms with van der Waals surface area (Å²) in [4.78, 5) is 0. The van der Waals surface area contributed by atoms with Crippen molar-refractivity contribution in [3.8, 4) is 11.1 Å². The summed E-state index contributed by atoms with van der Waals surface area (Å²) in [6, 6.07) is 20.9. The van der Waals surface area contributed by atoms with E-state index in [0.29, 0.717) is 0 Å². The van der Waals surface area contributed by atoms with Crippen LogP contribution in [0.2, 0.25) is 5.02 Å². The van der Waals surface area contributed by atoms with Crippen LogP contribution < -0.4 is 5.32 Å². The molecule has 0 aliphatic rings. The van der Waals surface area contributed by atoms with Crippen LogP contribution in [0.15, 0.2) is 60.7 Å². The SMILES string of the molecule is CNCc1ccccc1-c1ccc(Cl)c2ccccc12. The van der Waals surface area contributed by atoms with E-state index < -0.39 is 0 Å². The van der Waals surface area contributed by atoms with Crippen LogP contribution in [0.3, 0.4) is 0 Å². The highest BCUT2D eigenvalue weighted by Crippen LogP contribution is 2.34. The molecule has 2 heteroatoms. The van der Waals surface area contributed by atoms with E-state index in [1.807, 2.05) is 19.2 Å². The Kier molecular flexibility index (Phi) is 3.72. The fraction of sp³-hybridized carbons (Fsp3) is 0.111. The molecule has 0 atom stereocenters. The highest BCUT2D eigenvalue weighted by Gasteiger charge is 2.09. The van der Waals surface area contributed by atoms with Gasteiger partial charge in [0, 0.05) is 17.0 Å². The van der Waals surface area contributed by atoms with Crippen LogP contribution in [-0.4, -0.2) is 7.05 Å². The van der Waals surface area contributed by atoms with Crippen molar-refractivity contribution in [1.82, 2.24) is 5.32 Å². The summed E-state index contributed by atoms with van der Waals surface area (Å²) in [6.45, 7) is 0.854. The Labute approximate surface area is 124 Å². The van der Waals surface area contributed by atoms with Gasteiger partial charge in [0.05, 0.1) is 0 Å². The van der Waals surface area contributed by atoms with Gasteiger partial charge in [-0.3, -0.25) is 0 Å². The van der Waals surface area contributed by atoms with Crippen LogP contribution >= 0.6 is 11.6 Å². The Morgan fingerprint density at radius 2 is 1.50 bits per heavy atom. The normalized spacial score (nSPS) is 10.9. The molecule has 0 amide bonds. The second-order valence-corrected chi connectivity index (χ2v) is 5.24. The zero-order valence-corrected chi connectivity index (χ0v) is 12.1. The van der Waals surface area contributed by atoms with Gasteiger partial charge < -0.3 is 5.32 Å². The molecule has 3 rings (SSSR count). The van der Waals surface area contributed by atoms with Crippen LogP contribution in [-0.2, 0) is 6.54 Å². The second-order valence-electron chi connectivity index (χ2n) is 4.83. The predicted octanol–water partition coefficient (Wildman–Crippen LogP) is 4.88. The van der Waals surface area contributed by atoms with Crippen LogP contribution in [0, 0.1) is 0 Å². The van der Waals surface area contributed by atoms with Crippen LogP contribution in [0.5, 0.6) is 0 Å². The Bertz CT molecular complexity index is 749. The lowest BCUT2D eigenvalue weighted by Gasteiger charge is -2.12. The van der Waals surface area contributed by atoms with Gasteiger partial charge in [0.15, 0.2) is 0 Å². The maximum Gasteiger partial charge on any atom is 0.0484 e. The largest absolute Gasteiger partial charge is 0.316 e. The predicted molar refractivity (Wildman–Crippen MR) is 87.2 cm³/mol. The van der Waals surface area contributed by atoms with Gasteiger partial charge in [0.1, 0.15) is 0 Å². The smallest absolute Gasteiger partial charge is 0.0484 e. The summed E-state index contributed by atoms with van der Waals surface area (Å²) in [5.74, 6) is 0. The number of fused-ring (bicyclic) bond motifs is 1. The third-order valence-electron chi connectivity index (χ3n) is 3.55. The number of benzene rings is 3. The monoisotopic (exact) mass is 281 g/mol. The third kappa shape index (κ3) is 2.31. The molecule has 20 heavy (non-hydrogen) atoms.